The smallest absolute Gasteiger partial charge is 0.411 e. The van der Waals surface area contributed by atoms with Crippen LogP contribution in [0.1, 0.15) is 19.4 Å². The highest BCUT2D eigenvalue weighted by Gasteiger charge is 2.18. The summed E-state index contributed by atoms with van der Waals surface area (Å²) in [6, 6.07) is 18.2. The van der Waals surface area contributed by atoms with Crippen LogP contribution in [-0.2, 0) is 11.3 Å². The second kappa shape index (κ2) is 8.72. The van der Waals surface area contributed by atoms with Gasteiger partial charge in [0.15, 0.2) is 0 Å². The average molecular weight is 353 g/mol. The van der Waals surface area contributed by atoms with Crippen LogP contribution >= 0.6 is 0 Å². The van der Waals surface area contributed by atoms with E-state index >= 15 is 0 Å². The molecule has 5 heteroatoms. The van der Waals surface area contributed by atoms with E-state index in [1.807, 2.05) is 42.5 Å². The maximum atomic E-state index is 11.9. The number of hydrogen-bond acceptors (Lipinski definition) is 4. The van der Waals surface area contributed by atoms with Crippen LogP contribution < -0.4 is 10.2 Å². The lowest BCUT2D eigenvalue weighted by Gasteiger charge is -2.38. The molecule has 1 amide bonds. The lowest BCUT2D eigenvalue weighted by atomic mass is 10.2. The molecule has 0 radical (unpaired) electrons. The minimum absolute atomic E-state index is 0.269. The van der Waals surface area contributed by atoms with E-state index in [2.05, 4.69) is 41.1 Å². The predicted molar refractivity (Wildman–Crippen MR) is 106 cm³/mol. The molecule has 3 rings (SSSR count). The maximum Gasteiger partial charge on any atom is 0.411 e. The molecule has 5 nitrogen and oxygen atoms in total. The molecule has 1 aliphatic heterocycles. The first-order valence-electron chi connectivity index (χ1n) is 9.18. The third-order valence-corrected chi connectivity index (χ3v) is 4.74. The van der Waals surface area contributed by atoms with Crippen LogP contribution in [0.2, 0.25) is 0 Å². The van der Waals surface area contributed by atoms with Gasteiger partial charge >= 0.3 is 6.09 Å². The second-order valence-electron chi connectivity index (χ2n) is 6.85. The Morgan fingerprint density at radius 2 is 1.65 bits per heavy atom. The molecule has 1 heterocycles. The number of carbonyl (C=O) groups excluding carboxylic acids is 1. The summed E-state index contributed by atoms with van der Waals surface area (Å²) >= 11 is 0. The van der Waals surface area contributed by atoms with E-state index in [1.54, 1.807) is 0 Å². The first-order chi connectivity index (χ1) is 12.6. The molecular weight excluding hydrogens is 326 g/mol. The topological polar surface area (TPSA) is 44.8 Å². The fourth-order valence-corrected chi connectivity index (χ4v) is 3.13. The zero-order valence-corrected chi connectivity index (χ0v) is 15.5. The molecule has 1 aliphatic rings. The monoisotopic (exact) mass is 353 g/mol. The van der Waals surface area contributed by atoms with Gasteiger partial charge in [-0.2, -0.15) is 0 Å². The summed E-state index contributed by atoms with van der Waals surface area (Å²) in [6.45, 7) is 8.99. The highest BCUT2D eigenvalue weighted by atomic mass is 16.5. The van der Waals surface area contributed by atoms with Crippen molar-refractivity contribution in [3.8, 4) is 0 Å². The summed E-state index contributed by atoms with van der Waals surface area (Å²) in [5, 5.41) is 2.78. The van der Waals surface area contributed by atoms with E-state index in [-0.39, 0.29) is 6.61 Å². The van der Waals surface area contributed by atoms with Crippen LogP contribution in [0.3, 0.4) is 0 Å². The van der Waals surface area contributed by atoms with Crippen molar-refractivity contribution in [3.63, 3.8) is 0 Å². The molecule has 1 fully saturated rings. The molecular formula is C21H27N3O2. The van der Waals surface area contributed by atoms with E-state index in [1.165, 1.54) is 5.69 Å². The summed E-state index contributed by atoms with van der Waals surface area (Å²) in [4.78, 5) is 16.8. The molecule has 0 spiro atoms. The Morgan fingerprint density at radius 1 is 1.00 bits per heavy atom. The van der Waals surface area contributed by atoms with Gasteiger partial charge in [0.25, 0.3) is 0 Å². The average Bonchev–Trinajstić information content (AvgIpc) is 2.68. The zero-order chi connectivity index (χ0) is 18.4. The van der Waals surface area contributed by atoms with Gasteiger partial charge in [-0.15, -0.1) is 0 Å². The van der Waals surface area contributed by atoms with Crippen LogP contribution in [0, 0.1) is 0 Å². The number of hydrogen-bond donors (Lipinski definition) is 1. The number of carbonyl (C=O) groups is 1. The molecule has 1 N–H and O–H groups in total. The van der Waals surface area contributed by atoms with Gasteiger partial charge in [0.1, 0.15) is 6.61 Å². The Hall–Kier alpha value is -2.53. The SMILES string of the molecule is CC(C)N1CCN(c2ccc(NC(=O)OCc3ccccc3)cc2)CC1. The van der Waals surface area contributed by atoms with Gasteiger partial charge in [-0.3, -0.25) is 10.2 Å². The van der Waals surface area contributed by atoms with E-state index in [0.29, 0.717) is 6.04 Å². The predicted octanol–water partition coefficient (Wildman–Crippen LogP) is 3.97. The number of rotatable bonds is 5. The molecule has 1 saturated heterocycles. The molecule has 0 aromatic heterocycles. The third kappa shape index (κ3) is 4.99. The van der Waals surface area contributed by atoms with Gasteiger partial charge in [0.2, 0.25) is 0 Å². The molecule has 0 atom stereocenters. The largest absolute Gasteiger partial charge is 0.444 e. The lowest BCUT2D eigenvalue weighted by molar-refractivity contribution is 0.155. The summed E-state index contributed by atoms with van der Waals surface area (Å²) in [7, 11) is 0. The molecule has 138 valence electrons. The van der Waals surface area contributed by atoms with Crippen LogP contribution in [0.25, 0.3) is 0 Å². The quantitative estimate of drug-likeness (QED) is 0.883. The van der Waals surface area contributed by atoms with E-state index < -0.39 is 6.09 Å². The fourth-order valence-electron chi connectivity index (χ4n) is 3.13. The van der Waals surface area contributed by atoms with Gasteiger partial charge in [0.05, 0.1) is 0 Å². The summed E-state index contributed by atoms with van der Waals surface area (Å²) < 4.78 is 5.25. The number of ether oxygens (including phenoxy) is 1. The Bertz CT molecular complexity index is 693. The minimum atomic E-state index is -0.438. The van der Waals surface area contributed by atoms with Crippen molar-refractivity contribution in [2.24, 2.45) is 0 Å². The molecule has 2 aromatic rings. The van der Waals surface area contributed by atoms with Crippen LogP contribution in [-0.4, -0.2) is 43.2 Å². The fraction of sp³-hybridized carbons (Fsp3) is 0.381. The Labute approximate surface area is 155 Å². The van der Waals surface area contributed by atoms with Crippen LogP contribution in [0.5, 0.6) is 0 Å². The maximum absolute atomic E-state index is 11.9. The van der Waals surface area contributed by atoms with Crippen molar-refractivity contribution in [3.05, 3.63) is 60.2 Å². The first kappa shape index (κ1) is 18.3. The standard InChI is InChI=1S/C21H27N3O2/c1-17(2)23-12-14-24(15-13-23)20-10-8-19(9-11-20)22-21(25)26-16-18-6-4-3-5-7-18/h3-11,17H,12-16H2,1-2H3,(H,22,25). The van der Waals surface area contributed by atoms with E-state index in [4.69, 9.17) is 4.74 Å². The Kier molecular flexibility index (Phi) is 6.12. The normalized spacial score (nSPS) is 15.1. The van der Waals surface area contributed by atoms with Crippen molar-refractivity contribution in [2.75, 3.05) is 36.4 Å². The van der Waals surface area contributed by atoms with Crippen molar-refractivity contribution in [2.45, 2.75) is 26.5 Å². The molecule has 26 heavy (non-hydrogen) atoms. The van der Waals surface area contributed by atoms with Crippen LogP contribution in [0.15, 0.2) is 54.6 Å². The van der Waals surface area contributed by atoms with E-state index in [9.17, 15) is 4.79 Å². The number of amides is 1. The molecule has 2 aromatic carbocycles. The number of anilines is 2. The van der Waals surface area contributed by atoms with Gasteiger partial charge in [-0.25, -0.2) is 4.79 Å². The first-order valence-corrected chi connectivity index (χ1v) is 9.18. The number of benzene rings is 2. The second-order valence-corrected chi connectivity index (χ2v) is 6.85. The number of piperazine rings is 1. The summed E-state index contributed by atoms with van der Waals surface area (Å²) in [6.07, 6.45) is -0.438. The van der Waals surface area contributed by atoms with Crippen molar-refractivity contribution >= 4 is 17.5 Å². The van der Waals surface area contributed by atoms with E-state index in [0.717, 1.165) is 37.4 Å². The van der Waals surface area contributed by atoms with Crippen LogP contribution in [0.4, 0.5) is 16.2 Å². The van der Waals surface area contributed by atoms with Gasteiger partial charge in [-0.1, -0.05) is 30.3 Å². The molecule has 0 saturated carbocycles. The number of nitrogens with zero attached hydrogens (tertiary/aromatic N) is 2. The molecule has 0 aliphatic carbocycles. The van der Waals surface area contributed by atoms with Gasteiger partial charge < -0.3 is 9.64 Å². The Balaban J connectivity index is 1.48. The highest BCUT2D eigenvalue weighted by molar-refractivity contribution is 5.84. The zero-order valence-electron chi connectivity index (χ0n) is 15.5. The molecule has 0 bridgehead atoms. The summed E-state index contributed by atoms with van der Waals surface area (Å²) in [5.74, 6) is 0. The molecule has 0 unspecified atom stereocenters. The van der Waals surface area contributed by atoms with Crippen molar-refractivity contribution < 1.29 is 9.53 Å². The third-order valence-electron chi connectivity index (χ3n) is 4.74. The summed E-state index contributed by atoms with van der Waals surface area (Å²) in [5.41, 5.74) is 2.91. The number of nitrogens with one attached hydrogen (secondary N) is 1. The highest BCUT2D eigenvalue weighted by Crippen LogP contribution is 2.20. The lowest BCUT2D eigenvalue weighted by Crippen LogP contribution is -2.48. The Morgan fingerprint density at radius 3 is 2.27 bits per heavy atom. The van der Waals surface area contributed by atoms with Gasteiger partial charge in [0, 0.05) is 43.6 Å². The van der Waals surface area contributed by atoms with Crippen molar-refractivity contribution in [1.29, 1.82) is 0 Å². The van der Waals surface area contributed by atoms with Gasteiger partial charge in [-0.05, 0) is 43.7 Å². The minimum Gasteiger partial charge on any atom is -0.444 e. The van der Waals surface area contributed by atoms with Crippen molar-refractivity contribution in [1.82, 2.24) is 4.90 Å².